The van der Waals surface area contributed by atoms with E-state index in [-0.39, 0.29) is 6.10 Å². The van der Waals surface area contributed by atoms with Gasteiger partial charge in [-0.1, -0.05) is 0 Å². The lowest BCUT2D eigenvalue weighted by Crippen LogP contribution is -2.32. The molecular formula is C15H23NO4S. The van der Waals surface area contributed by atoms with E-state index >= 15 is 0 Å². The van der Waals surface area contributed by atoms with Crippen LogP contribution >= 0.6 is 0 Å². The first kappa shape index (κ1) is 16.3. The van der Waals surface area contributed by atoms with E-state index in [4.69, 9.17) is 9.47 Å². The fourth-order valence-electron chi connectivity index (χ4n) is 2.45. The summed E-state index contributed by atoms with van der Waals surface area (Å²) in [5.41, 5.74) is 1.50. The minimum atomic E-state index is -3.52. The zero-order chi connectivity index (χ0) is 15.5. The maximum absolute atomic E-state index is 12.4. The number of rotatable bonds is 6. The number of ether oxygens (including phenoxy) is 2. The number of benzene rings is 1. The second-order valence-corrected chi connectivity index (χ2v) is 7.04. The van der Waals surface area contributed by atoms with Gasteiger partial charge >= 0.3 is 0 Å². The first-order valence-corrected chi connectivity index (χ1v) is 8.77. The van der Waals surface area contributed by atoms with Gasteiger partial charge in [-0.05, 0) is 56.9 Å². The van der Waals surface area contributed by atoms with Crippen molar-refractivity contribution in [3.05, 3.63) is 23.3 Å². The Bertz CT molecular complexity index is 592. The Balaban J connectivity index is 2.16. The largest absolute Gasteiger partial charge is 0.494 e. The number of aryl methyl sites for hydroxylation is 2. The summed E-state index contributed by atoms with van der Waals surface area (Å²) in [6.07, 6.45) is 1.89. The van der Waals surface area contributed by atoms with E-state index in [0.29, 0.717) is 30.2 Å². The van der Waals surface area contributed by atoms with E-state index in [0.717, 1.165) is 24.2 Å². The third-order valence-corrected chi connectivity index (χ3v) is 5.15. The lowest BCUT2D eigenvalue weighted by atomic mass is 10.1. The molecule has 6 heteroatoms. The van der Waals surface area contributed by atoms with Crippen LogP contribution in [0.5, 0.6) is 5.75 Å². The molecule has 0 unspecified atom stereocenters. The van der Waals surface area contributed by atoms with Crippen LogP contribution in [-0.2, 0) is 14.8 Å². The van der Waals surface area contributed by atoms with Crippen LogP contribution in [0, 0.1) is 13.8 Å². The van der Waals surface area contributed by atoms with Crippen molar-refractivity contribution in [2.75, 3.05) is 19.8 Å². The molecule has 1 atom stereocenters. The van der Waals surface area contributed by atoms with Crippen molar-refractivity contribution in [3.8, 4) is 5.75 Å². The fourth-order valence-corrected chi connectivity index (χ4v) is 3.83. The van der Waals surface area contributed by atoms with Crippen LogP contribution in [-0.4, -0.2) is 34.3 Å². The van der Waals surface area contributed by atoms with Gasteiger partial charge < -0.3 is 9.47 Å². The Morgan fingerprint density at radius 2 is 2.10 bits per heavy atom. The molecule has 0 bridgehead atoms. The zero-order valence-electron chi connectivity index (χ0n) is 12.8. The highest BCUT2D eigenvalue weighted by atomic mass is 32.2. The molecule has 5 nitrogen and oxygen atoms in total. The van der Waals surface area contributed by atoms with Crippen molar-refractivity contribution in [3.63, 3.8) is 0 Å². The van der Waals surface area contributed by atoms with Crippen molar-refractivity contribution in [1.29, 1.82) is 0 Å². The van der Waals surface area contributed by atoms with E-state index < -0.39 is 10.0 Å². The Labute approximate surface area is 126 Å². The van der Waals surface area contributed by atoms with Crippen molar-refractivity contribution >= 4 is 10.0 Å². The maximum atomic E-state index is 12.4. The molecule has 0 amide bonds. The summed E-state index contributed by atoms with van der Waals surface area (Å²) in [7, 11) is -3.52. The third kappa shape index (κ3) is 3.96. The van der Waals surface area contributed by atoms with Gasteiger partial charge in [0.2, 0.25) is 10.0 Å². The van der Waals surface area contributed by atoms with Crippen LogP contribution < -0.4 is 9.46 Å². The summed E-state index contributed by atoms with van der Waals surface area (Å²) in [6, 6.07) is 3.44. The molecular weight excluding hydrogens is 290 g/mol. The molecule has 1 aromatic carbocycles. The number of sulfonamides is 1. The van der Waals surface area contributed by atoms with Crippen LogP contribution in [0.2, 0.25) is 0 Å². The summed E-state index contributed by atoms with van der Waals surface area (Å²) in [5, 5.41) is 0. The van der Waals surface area contributed by atoms with E-state index in [1.165, 1.54) is 0 Å². The molecule has 2 rings (SSSR count). The number of hydrogen-bond donors (Lipinski definition) is 1. The highest BCUT2D eigenvalue weighted by Gasteiger charge is 2.22. The summed E-state index contributed by atoms with van der Waals surface area (Å²) < 4.78 is 38.4. The van der Waals surface area contributed by atoms with Gasteiger partial charge in [-0.3, -0.25) is 0 Å². The molecule has 1 fully saturated rings. The standard InChI is InChI=1S/C15H23NO4S/c1-4-19-14-8-12(3)15(9-11(14)2)21(17,18)16-10-13-6-5-7-20-13/h8-9,13,16H,4-7,10H2,1-3H3/t13-/m1/s1. The molecule has 0 saturated carbocycles. The first-order valence-electron chi connectivity index (χ1n) is 7.29. The van der Waals surface area contributed by atoms with Gasteiger partial charge in [0.25, 0.3) is 0 Å². The first-order chi connectivity index (χ1) is 9.94. The minimum absolute atomic E-state index is 0.0103. The summed E-state index contributed by atoms with van der Waals surface area (Å²) >= 11 is 0. The van der Waals surface area contributed by atoms with E-state index in [1.807, 2.05) is 13.8 Å². The van der Waals surface area contributed by atoms with Gasteiger partial charge in [0.1, 0.15) is 5.75 Å². The van der Waals surface area contributed by atoms with Gasteiger partial charge in [-0.2, -0.15) is 0 Å². The molecule has 0 spiro atoms. The third-order valence-electron chi connectivity index (χ3n) is 3.59. The van der Waals surface area contributed by atoms with Crippen molar-refractivity contribution in [2.45, 2.75) is 44.6 Å². The molecule has 0 aromatic heterocycles. The van der Waals surface area contributed by atoms with Gasteiger partial charge in [0, 0.05) is 13.2 Å². The molecule has 118 valence electrons. The SMILES string of the molecule is CCOc1cc(C)c(S(=O)(=O)NC[C@H]2CCCO2)cc1C. The molecule has 21 heavy (non-hydrogen) atoms. The molecule has 1 aliphatic heterocycles. The van der Waals surface area contributed by atoms with Gasteiger partial charge in [-0.25, -0.2) is 13.1 Å². The quantitative estimate of drug-likeness (QED) is 0.874. The Kier molecular flexibility index (Phi) is 5.24. The second kappa shape index (κ2) is 6.77. The summed E-state index contributed by atoms with van der Waals surface area (Å²) in [5.74, 6) is 0.730. The van der Waals surface area contributed by atoms with Crippen molar-refractivity contribution in [1.82, 2.24) is 4.72 Å². The fraction of sp³-hybridized carbons (Fsp3) is 0.600. The van der Waals surface area contributed by atoms with Crippen LogP contribution in [0.25, 0.3) is 0 Å². The topological polar surface area (TPSA) is 64.6 Å². The van der Waals surface area contributed by atoms with Crippen LogP contribution in [0.1, 0.15) is 30.9 Å². The van der Waals surface area contributed by atoms with Gasteiger partial charge in [-0.15, -0.1) is 0 Å². The van der Waals surface area contributed by atoms with Crippen LogP contribution in [0.3, 0.4) is 0 Å². The van der Waals surface area contributed by atoms with Crippen molar-refractivity contribution < 1.29 is 17.9 Å². The Hall–Kier alpha value is -1.11. The molecule has 1 saturated heterocycles. The Morgan fingerprint density at radius 3 is 2.71 bits per heavy atom. The highest BCUT2D eigenvalue weighted by molar-refractivity contribution is 7.89. The highest BCUT2D eigenvalue weighted by Crippen LogP contribution is 2.26. The lowest BCUT2D eigenvalue weighted by molar-refractivity contribution is 0.114. The average Bonchev–Trinajstić information content (AvgIpc) is 2.94. The maximum Gasteiger partial charge on any atom is 0.240 e. The predicted molar refractivity (Wildman–Crippen MR) is 81.2 cm³/mol. The van der Waals surface area contributed by atoms with Crippen molar-refractivity contribution in [2.24, 2.45) is 0 Å². The van der Waals surface area contributed by atoms with E-state index in [2.05, 4.69) is 4.72 Å². The Morgan fingerprint density at radius 1 is 1.33 bits per heavy atom. The smallest absolute Gasteiger partial charge is 0.240 e. The van der Waals surface area contributed by atoms with Crippen LogP contribution in [0.4, 0.5) is 0 Å². The molecule has 1 aliphatic rings. The summed E-state index contributed by atoms with van der Waals surface area (Å²) in [6.45, 7) is 7.14. The lowest BCUT2D eigenvalue weighted by Gasteiger charge is -2.15. The van der Waals surface area contributed by atoms with E-state index in [9.17, 15) is 8.42 Å². The zero-order valence-corrected chi connectivity index (χ0v) is 13.6. The number of hydrogen-bond acceptors (Lipinski definition) is 4. The van der Waals surface area contributed by atoms with Gasteiger partial charge in [0.15, 0.2) is 0 Å². The number of nitrogens with one attached hydrogen (secondary N) is 1. The van der Waals surface area contributed by atoms with Crippen LogP contribution in [0.15, 0.2) is 17.0 Å². The normalized spacial score (nSPS) is 18.9. The van der Waals surface area contributed by atoms with Gasteiger partial charge in [0.05, 0.1) is 17.6 Å². The monoisotopic (exact) mass is 313 g/mol. The average molecular weight is 313 g/mol. The summed E-state index contributed by atoms with van der Waals surface area (Å²) in [4.78, 5) is 0.307. The predicted octanol–water partition coefficient (Wildman–Crippen LogP) is 2.16. The minimum Gasteiger partial charge on any atom is -0.494 e. The molecule has 1 N–H and O–H groups in total. The van der Waals surface area contributed by atoms with E-state index in [1.54, 1.807) is 19.1 Å². The molecule has 1 heterocycles. The second-order valence-electron chi connectivity index (χ2n) is 5.30. The molecule has 1 aromatic rings. The molecule has 0 radical (unpaired) electrons. The molecule has 0 aliphatic carbocycles.